The van der Waals surface area contributed by atoms with Gasteiger partial charge in [-0.1, -0.05) is 30.3 Å². The molecule has 0 amide bonds. The third kappa shape index (κ3) is 3.78. The fourth-order valence-electron chi connectivity index (χ4n) is 3.90. The molecule has 0 unspecified atom stereocenters. The number of sulfonamides is 1. The van der Waals surface area contributed by atoms with Gasteiger partial charge in [0.1, 0.15) is 0 Å². The standard InChI is InChI=1S/C21H25N3O2S/c1-23-12-6-9-20(23)21(24-13-4-5-14-24)16-22-27(25,26)19-11-10-17-7-2-3-8-18(17)15-19/h2-3,6-12,15,21-22H,4-5,13-14,16H2,1H3/t21-/m0/s1. The molecule has 27 heavy (non-hydrogen) atoms. The van der Waals surface area contributed by atoms with E-state index >= 15 is 0 Å². The average Bonchev–Trinajstić information content (AvgIpc) is 3.34. The number of likely N-dealkylation sites (tertiary alicyclic amines) is 1. The van der Waals surface area contributed by atoms with E-state index in [1.807, 2.05) is 49.6 Å². The van der Waals surface area contributed by atoms with E-state index < -0.39 is 10.0 Å². The van der Waals surface area contributed by atoms with E-state index in [4.69, 9.17) is 0 Å². The lowest BCUT2D eigenvalue weighted by Gasteiger charge is -2.28. The molecule has 1 atom stereocenters. The van der Waals surface area contributed by atoms with Gasteiger partial charge in [-0.2, -0.15) is 0 Å². The number of benzene rings is 2. The molecule has 142 valence electrons. The van der Waals surface area contributed by atoms with Crippen LogP contribution in [0.1, 0.15) is 24.6 Å². The van der Waals surface area contributed by atoms with E-state index in [2.05, 4.69) is 20.3 Å². The van der Waals surface area contributed by atoms with Gasteiger partial charge in [0.2, 0.25) is 10.0 Å². The number of nitrogens with one attached hydrogen (secondary N) is 1. The Hall–Kier alpha value is -2.15. The van der Waals surface area contributed by atoms with Gasteiger partial charge in [-0.05, 0) is 61.0 Å². The molecule has 3 aromatic rings. The van der Waals surface area contributed by atoms with E-state index in [0.29, 0.717) is 11.4 Å². The Morgan fingerprint density at radius 1 is 1.00 bits per heavy atom. The molecule has 1 saturated heterocycles. The molecule has 6 heteroatoms. The molecule has 1 fully saturated rings. The summed E-state index contributed by atoms with van der Waals surface area (Å²) in [5.74, 6) is 0. The molecule has 1 N–H and O–H groups in total. The first-order valence-corrected chi connectivity index (χ1v) is 10.9. The van der Waals surface area contributed by atoms with Crippen LogP contribution in [0.15, 0.2) is 65.7 Å². The van der Waals surface area contributed by atoms with Crippen LogP contribution in [0.2, 0.25) is 0 Å². The largest absolute Gasteiger partial charge is 0.353 e. The summed E-state index contributed by atoms with van der Waals surface area (Å²) in [6.07, 6.45) is 4.34. The predicted octanol–water partition coefficient (Wildman–Crippen LogP) is 3.29. The minimum Gasteiger partial charge on any atom is -0.353 e. The Balaban J connectivity index is 1.57. The molecule has 2 heterocycles. The number of nitrogens with zero attached hydrogens (tertiary/aromatic N) is 2. The maximum absolute atomic E-state index is 12.9. The van der Waals surface area contributed by atoms with E-state index in [1.165, 1.54) is 12.8 Å². The van der Waals surface area contributed by atoms with Crippen molar-refractivity contribution >= 4 is 20.8 Å². The van der Waals surface area contributed by atoms with Crippen molar-refractivity contribution in [2.75, 3.05) is 19.6 Å². The topological polar surface area (TPSA) is 54.3 Å². The fraction of sp³-hybridized carbons (Fsp3) is 0.333. The smallest absolute Gasteiger partial charge is 0.240 e. The van der Waals surface area contributed by atoms with Gasteiger partial charge in [0.25, 0.3) is 0 Å². The zero-order valence-corrected chi connectivity index (χ0v) is 16.3. The number of rotatable bonds is 6. The Morgan fingerprint density at radius 3 is 2.44 bits per heavy atom. The van der Waals surface area contributed by atoms with Crippen molar-refractivity contribution in [3.63, 3.8) is 0 Å². The van der Waals surface area contributed by atoms with Crippen molar-refractivity contribution < 1.29 is 8.42 Å². The first-order chi connectivity index (χ1) is 13.0. The van der Waals surface area contributed by atoms with Crippen LogP contribution in [0.3, 0.4) is 0 Å². The zero-order valence-electron chi connectivity index (χ0n) is 15.5. The van der Waals surface area contributed by atoms with Crippen LogP contribution in [-0.4, -0.2) is 37.5 Å². The summed E-state index contributed by atoms with van der Waals surface area (Å²) in [5, 5.41) is 1.97. The number of hydrogen-bond donors (Lipinski definition) is 1. The Labute approximate surface area is 160 Å². The van der Waals surface area contributed by atoms with Crippen molar-refractivity contribution in [2.45, 2.75) is 23.8 Å². The fourth-order valence-corrected chi connectivity index (χ4v) is 4.97. The van der Waals surface area contributed by atoms with Crippen molar-refractivity contribution in [1.82, 2.24) is 14.2 Å². The van der Waals surface area contributed by atoms with Crippen molar-refractivity contribution in [3.8, 4) is 0 Å². The van der Waals surface area contributed by atoms with E-state index in [9.17, 15) is 8.42 Å². The minimum atomic E-state index is -3.57. The van der Waals surface area contributed by atoms with Gasteiger partial charge in [0, 0.05) is 25.5 Å². The normalized spacial score (nSPS) is 16.8. The zero-order chi connectivity index (χ0) is 18.9. The molecule has 0 saturated carbocycles. The summed E-state index contributed by atoms with van der Waals surface area (Å²) in [6.45, 7) is 2.38. The van der Waals surface area contributed by atoms with Gasteiger partial charge in [0.05, 0.1) is 10.9 Å². The first kappa shape index (κ1) is 18.2. The van der Waals surface area contributed by atoms with Gasteiger partial charge in [0.15, 0.2) is 0 Å². The maximum Gasteiger partial charge on any atom is 0.240 e. The minimum absolute atomic E-state index is 0.0442. The predicted molar refractivity (Wildman–Crippen MR) is 108 cm³/mol. The first-order valence-electron chi connectivity index (χ1n) is 9.38. The highest BCUT2D eigenvalue weighted by Gasteiger charge is 2.27. The summed E-state index contributed by atoms with van der Waals surface area (Å²) >= 11 is 0. The van der Waals surface area contributed by atoms with Crippen molar-refractivity contribution in [1.29, 1.82) is 0 Å². The van der Waals surface area contributed by atoms with Crippen LogP contribution in [0.5, 0.6) is 0 Å². The van der Waals surface area contributed by atoms with Crippen molar-refractivity contribution in [2.24, 2.45) is 7.05 Å². The SMILES string of the molecule is Cn1cccc1[C@H](CNS(=O)(=O)c1ccc2ccccc2c1)N1CCCC1. The van der Waals surface area contributed by atoms with E-state index in [1.54, 1.807) is 12.1 Å². The third-order valence-electron chi connectivity index (χ3n) is 5.40. The summed E-state index contributed by atoms with van der Waals surface area (Å²) in [6, 6.07) is 17.2. The second-order valence-electron chi connectivity index (χ2n) is 7.16. The van der Waals surface area contributed by atoms with Gasteiger partial charge in [-0.25, -0.2) is 13.1 Å². The molecule has 2 aromatic carbocycles. The highest BCUT2D eigenvalue weighted by molar-refractivity contribution is 7.89. The molecule has 5 nitrogen and oxygen atoms in total. The quantitative estimate of drug-likeness (QED) is 0.711. The van der Waals surface area contributed by atoms with Crippen molar-refractivity contribution in [3.05, 3.63) is 66.5 Å². The third-order valence-corrected chi connectivity index (χ3v) is 6.83. The summed E-state index contributed by atoms with van der Waals surface area (Å²) in [5.41, 5.74) is 1.14. The molecular weight excluding hydrogens is 358 g/mol. The molecule has 0 aliphatic carbocycles. The van der Waals surface area contributed by atoms with E-state index in [-0.39, 0.29) is 6.04 Å². The number of aromatic nitrogens is 1. The van der Waals surface area contributed by atoms with Gasteiger partial charge >= 0.3 is 0 Å². The lowest BCUT2D eigenvalue weighted by molar-refractivity contribution is 0.238. The van der Waals surface area contributed by atoms with Crippen LogP contribution < -0.4 is 4.72 Å². The van der Waals surface area contributed by atoms with Crippen LogP contribution in [0, 0.1) is 0 Å². The number of aryl methyl sites for hydroxylation is 1. The highest BCUT2D eigenvalue weighted by Crippen LogP contribution is 2.26. The molecule has 0 spiro atoms. The van der Waals surface area contributed by atoms with Crippen LogP contribution >= 0.6 is 0 Å². The molecule has 1 aliphatic heterocycles. The molecule has 0 radical (unpaired) electrons. The van der Waals surface area contributed by atoms with Gasteiger partial charge < -0.3 is 4.57 Å². The molecular formula is C21H25N3O2S. The lowest BCUT2D eigenvalue weighted by atomic mass is 10.1. The second-order valence-corrected chi connectivity index (χ2v) is 8.93. The number of hydrogen-bond acceptors (Lipinski definition) is 3. The van der Waals surface area contributed by atoms with Crippen LogP contribution in [-0.2, 0) is 17.1 Å². The second kappa shape index (κ2) is 7.46. The molecule has 1 aromatic heterocycles. The maximum atomic E-state index is 12.9. The highest BCUT2D eigenvalue weighted by atomic mass is 32.2. The lowest BCUT2D eigenvalue weighted by Crippen LogP contribution is -2.37. The van der Waals surface area contributed by atoms with Crippen LogP contribution in [0.4, 0.5) is 0 Å². The molecule has 0 bridgehead atoms. The Kier molecular flexibility index (Phi) is 5.04. The Bertz CT molecular complexity index is 1040. The number of fused-ring (bicyclic) bond motifs is 1. The summed E-state index contributed by atoms with van der Waals surface area (Å²) < 4.78 is 30.8. The van der Waals surface area contributed by atoms with Crippen LogP contribution in [0.25, 0.3) is 10.8 Å². The van der Waals surface area contributed by atoms with Gasteiger partial charge in [-0.3, -0.25) is 4.90 Å². The molecule has 4 rings (SSSR count). The van der Waals surface area contributed by atoms with Gasteiger partial charge in [-0.15, -0.1) is 0 Å². The Morgan fingerprint density at radius 2 is 1.74 bits per heavy atom. The summed E-state index contributed by atoms with van der Waals surface area (Å²) in [4.78, 5) is 2.69. The monoisotopic (exact) mass is 383 g/mol. The summed E-state index contributed by atoms with van der Waals surface area (Å²) in [7, 11) is -1.56. The molecule has 1 aliphatic rings. The van der Waals surface area contributed by atoms with E-state index in [0.717, 1.165) is 29.6 Å². The average molecular weight is 384 g/mol.